The number of benzene rings is 3. The van der Waals surface area contributed by atoms with Crippen LogP contribution in [0.25, 0.3) is 11.1 Å². The number of aromatic hydroxyl groups is 1. The maximum atomic E-state index is 15.2. The summed E-state index contributed by atoms with van der Waals surface area (Å²) in [4.78, 5) is 8.08. The molecule has 0 radical (unpaired) electrons. The third-order valence-corrected chi connectivity index (χ3v) is 8.23. The van der Waals surface area contributed by atoms with Crippen LogP contribution in [0.15, 0.2) is 65.6 Å². The lowest BCUT2D eigenvalue weighted by molar-refractivity contribution is -0.160. The molecule has 2 aliphatic heterocycles. The van der Waals surface area contributed by atoms with Crippen LogP contribution in [0.4, 0.5) is 4.39 Å². The van der Waals surface area contributed by atoms with E-state index in [1.807, 2.05) is 55.5 Å². The molecule has 206 valence electrons. The molecule has 39 heavy (non-hydrogen) atoms. The molecule has 2 aliphatic rings. The molecule has 0 amide bonds. The summed E-state index contributed by atoms with van der Waals surface area (Å²) in [6, 6.07) is 18.8. The number of nitrogens with zero attached hydrogens (tertiary/aromatic N) is 1. The van der Waals surface area contributed by atoms with E-state index in [-0.39, 0.29) is 5.56 Å². The Morgan fingerprint density at radius 3 is 2.62 bits per heavy atom. The van der Waals surface area contributed by atoms with Crippen LogP contribution in [-0.2, 0) is 9.22 Å². The second kappa shape index (κ2) is 12.0. The highest BCUT2D eigenvalue weighted by atomic mass is 32.2. The lowest BCUT2D eigenvalue weighted by atomic mass is 9.86. The fraction of sp³-hybridized carbons (Fsp3) is 0.355. The van der Waals surface area contributed by atoms with E-state index < -0.39 is 17.7 Å². The number of fused-ring (bicyclic) bond motifs is 1. The van der Waals surface area contributed by atoms with E-state index in [1.54, 1.807) is 6.07 Å². The Labute approximate surface area is 233 Å². The van der Waals surface area contributed by atoms with Gasteiger partial charge in [-0.15, -0.1) is 0 Å². The van der Waals surface area contributed by atoms with Crippen molar-refractivity contribution in [2.24, 2.45) is 5.92 Å². The fourth-order valence-corrected chi connectivity index (χ4v) is 5.90. The summed E-state index contributed by atoms with van der Waals surface area (Å²) in [6.07, 6.45) is 0.714. The van der Waals surface area contributed by atoms with E-state index in [4.69, 9.17) is 18.7 Å². The van der Waals surface area contributed by atoms with Crippen molar-refractivity contribution in [2.75, 3.05) is 26.8 Å². The van der Waals surface area contributed by atoms with Crippen molar-refractivity contribution in [2.45, 2.75) is 44.2 Å². The molecule has 0 aliphatic carbocycles. The van der Waals surface area contributed by atoms with E-state index in [0.717, 1.165) is 58.4 Å². The Hall–Kier alpha value is -3.04. The topological polar surface area (TPSA) is 60.4 Å². The minimum absolute atomic E-state index is 0.249. The van der Waals surface area contributed by atoms with Gasteiger partial charge in [-0.1, -0.05) is 37.3 Å². The molecular formula is C31H34FNO5S. The van der Waals surface area contributed by atoms with Crippen LogP contribution in [0.5, 0.6) is 17.2 Å². The molecule has 0 spiro atoms. The van der Waals surface area contributed by atoms with E-state index >= 15 is 4.39 Å². The number of phenols is 1. The molecule has 0 aromatic heterocycles. The fourth-order valence-electron chi connectivity index (χ4n) is 5.35. The van der Waals surface area contributed by atoms with Crippen molar-refractivity contribution in [3.05, 3.63) is 83.2 Å². The predicted octanol–water partition coefficient (Wildman–Crippen LogP) is 7.29. The van der Waals surface area contributed by atoms with Crippen LogP contribution in [-0.4, -0.2) is 42.9 Å². The summed E-state index contributed by atoms with van der Waals surface area (Å²) in [6.45, 7) is 9.21. The maximum absolute atomic E-state index is 15.2. The quantitative estimate of drug-likeness (QED) is 0.170. The Morgan fingerprint density at radius 1 is 1.13 bits per heavy atom. The first-order valence-corrected chi connectivity index (χ1v) is 13.9. The van der Waals surface area contributed by atoms with Crippen molar-refractivity contribution in [1.82, 2.24) is 4.90 Å². The van der Waals surface area contributed by atoms with Gasteiger partial charge < -0.3 is 14.6 Å². The zero-order valence-corrected chi connectivity index (χ0v) is 23.5. The molecular weight excluding hydrogens is 517 g/mol. The van der Waals surface area contributed by atoms with E-state index in [2.05, 4.69) is 18.7 Å². The zero-order chi connectivity index (χ0) is 27.5. The first-order chi connectivity index (χ1) is 18.9. The second-order valence-electron chi connectivity index (χ2n) is 10.2. The molecule has 6 nitrogen and oxygen atoms in total. The summed E-state index contributed by atoms with van der Waals surface area (Å²) in [5, 5.41) is 10.1. The van der Waals surface area contributed by atoms with E-state index in [1.165, 1.54) is 19.6 Å². The van der Waals surface area contributed by atoms with Crippen molar-refractivity contribution in [3.63, 3.8) is 0 Å². The number of allylic oxidation sites excluding steroid dienone is 1. The maximum Gasteiger partial charge on any atom is 0.176 e. The first kappa shape index (κ1) is 27.5. The van der Waals surface area contributed by atoms with Gasteiger partial charge in [-0.05, 0) is 79.8 Å². The van der Waals surface area contributed by atoms with Gasteiger partial charge in [0.25, 0.3) is 0 Å². The molecule has 1 saturated heterocycles. The number of halogens is 1. The van der Waals surface area contributed by atoms with Crippen LogP contribution in [0.1, 0.15) is 50.0 Å². The largest absolute Gasteiger partial charge is 0.505 e. The molecule has 1 fully saturated rings. The van der Waals surface area contributed by atoms with E-state index in [0.29, 0.717) is 24.0 Å². The number of likely N-dealkylation sites (tertiary alicyclic amines) is 1. The van der Waals surface area contributed by atoms with Gasteiger partial charge in [-0.2, -0.15) is 4.33 Å². The number of ether oxygens (including phenoxy) is 2. The number of phenolic OH excluding ortho intramolecular Hbond substituents is 1. The van der Waals surface area contributed by atoms with Crippen LogP contribution < -0.4 is 9.47 Å². The SMILES string of the molecule is COOSc1ccccc1C1=C(C)c2c(ccc(O)c2F)OC1c1ccc(OCC(C)N2CCC(C)C2)cc1. The Bertz CT molecular complexity index is 1350. The van der Waals surface area contributed by atoms with Gasteiger partial charge >= 0.3 is 0 Å². The third kappa shape index (κ3) is 5.79. The van der Waals surface area contributed by atoms with Crippen molar-refractivity contribution in [1.29, 1.82) is 0 Å². The lowest BCUT2D eigenvalue weighted by Gasteiger charge is -2.32. The lowest BCUT2D eigenvalue weighted by Crippen LogP contribution is -2.35. The molecule has 0 bridgehead atoms. The van der Waals surface area contributed by atoms with Gasteiger partial charge in [0.1, 0.15) is 24.2 Å². The summed E-state index contributed by atoms with van der Waals surface area (Å²) >= 11 is 1.07. The molecule has 1 N–H and O–H groups in total. The summed E-state index contributed by atoms with van der Waals surface area (Å²) in [5.74, 6) is 0.782. The Kier molecular flexibility index (Phi) is 8.47. The average molecular weight is 552 g/mol. The minimum atomic E-state index is -0.704. The molecule has 5 rings (SSSR count). The summed E-state index contributed by atoms with van der Waals surface area (Å²) < 4.78 is 32.9. The van der Waals surface area contributed by atoms with Crippen LogP contribution >= 0.6 is 12.0 Å². The molecule has 3 unspecified atom stereocenters. The molecule has 2 heterocycles. The average Bonchev–Trinajstić information content (AvgIpc) is 3.39. The first-order valence-electron chi connectivity index (χ1n) is 13.2. The predicted molar refractivity (Wildman–Crippen MR) is 151 cm³/mol. The molecule has 8 heteroatoms. The van der Waals surface area contributed by atoms with Crippen LogP contribution in [0.3, 0.4) is 0 Å². The van der Waals surface area contributed by atoms with Gasteiger partial charge in [0.15, 0.2) is 11.6 Å². The number of hydrogen-bond donors (Lipinski definition) is 1. The summed E-state index contributed by atoms with van der Waals surface area (Å²) in [5.41, 5.74) is 3.42. The smallest absolute Gasteiger partial charge is 0.176 e. The monoisotopic (exact) mass is 551 g/mol. The van der Waals surface area contributed by atoms with Gasteiger partial charge in [-0.3, -0.25) is 4.90 Å². The highest BCUT2D eigenvalue weighted by molar-refractivity contribution is 7.94. The third-order valence-electron chi connectivity index (χ3n) is 7.49. The standard InChI is InChI=1S/C31H34FNO5S/c1-19-15-16-33(17-19)20(2)18-36-23-11-9-22(10-12-23)31-28(24-7-5-6-8-27(24)39-38-35-4)21(3)29-26(37-31)14-13-25(34)30(29)32/h5-14,19-20,31,34H,15-18H2,1-4H3. The minimum Gasteiger partial charge on any atom is -0.505 e. The van der Waals surface area contributed by atoms with E-state index in [9.17, 15) is 5.11 Å². The number of rotatable bonds is 9. The summed E-state index contributed by atoms with van der Waals surface area (Å²) in [7, 11) is 1.44. The van der Waals surface area contributed by atoms with Crippen molar-refractivity contribution < 1.29 is 28.2 Å². The zero-order valence-electron chi connectivity index (χ0n) is 22.6. The normalized spacial score (nSPS) is 20.0. The van der Waals surface area contributed by atoms with Gasteiger partial charge in [0.05, 0.1) is 24.7 Å². The Balaban J connectivity index is 1.46. The van der Waals surface area contributed by atoms with Crippen LogP contribution in [0.2, 0.25) is 0 Å². The van der Waals surface area contributed by atoms with Gasteiger partial charge in [0.2, 0.25) is 0 Å². The van der Waals surface area contributed by atoms with Gasteiger partial charge in [-0.25, -0.2) is 9.28 Å². The van der Waals surface area contributed by atoms with Crippen molar-refractivity contribution >= 4 is 23.2 Å². The molecule has 0 saturated carbocycles. The second-order valence-corrected chi connectivity index (χ2v) is 11.0. The number of hydrogen-bond acceptors (Lipinski definition) is 7. The van der Waals surface area contributed by atoms with Crippen molar-refractivity contribution in [3.8, 4) is 17.2 Å². The molecule has 3 aromatic carbocycles. The van der Waals surface area contributed by atoms with Gasteiger partial charge in [0, 0.05) is 23.1 Å². The Morgan fingerprint density at radius 2 is 1.90 bits per heavy atom. The highest BCUT2D eigenvalue weighted by Gasteiger charge is 2.33. The molecule has 3 aromatic rings. The molecule has 3 atom stereocenters. The highest BCUT2D eigenvalue weighted by Crippen LogP contribution is 2.50. The van der Waals surface area contributed by atoms with Crippen LogP contribution in [0, 0.1) is 11.7 Å².